The number of piperidine rings is 1. The minimum absolute atomic E-state index is 0.0297. The lowest BCUT2D eigenvalue weighted by Crippen LogP contribution is -2.48. The molecule has 1 saturated heterocycles. The van der Waals surface area contributed by atoms with Crippen molar-refractivity contribution in [3.63, 3.8) is 0 Å². The molecule has 1 heterocycles. The number of phenolic OH excluding ortho intramolecular Hbond substituents is 1. The summed E-state index contributed by atoms with van der Waals surface area (Å²) in [7, 11) is 0. The van der Waals surface area contributed by atoms with Gasteiger partial charge in [-0.15, -0.1) is 0 Å². The molecule has 0 spiro atoms. The fraction of sp³-hybridized carbons (Fsp3) is 0.400. The van der Waals surface area contributed by atoms with Crippen LogP contribution in [-0.2, 0) is 12.0 Å². The van der Waals surface area contributed by atoms with Crippen LogP contribution in [-0.4, -0.2) is 39.4 Å². The standard InChI is InChI=1S/C20H23NO3/c22-16-6-7-17-14(12-16)13-18(19(17)23)21-10-8-20(24,9-11-21)15-4-2-1-3-5-15/h1-7,12,18-19,22-24H,8-11,13H2. The smallest absolute Gasteiger partial charge is 0.115 e. The lowest BCUT2D eigenvalue weighted by molar-refractivity contribution is -0.0502. The van der Waals surface area contributed by atoms with Crippen LogP contribution in [0.4, 0.5) is 0 Å². The van der Waals surface area contributed by atoms with Gasteiger partial charge in [0.1, 0.15) is 5.75 Å². The van der Waals surface area contributed by atoms with E-state index in [9.17, 15) is 15.3 Å². The molecule has 126 valence electrons. The molecule has 3 N–H and O–H groups in total. The number of nitrogens with zero attached hydrogens (tertiary/aromatic N) is 1. The highest BCUT2D eigenvalue weighted by atomic mass is 16.3. The zero-order valence-corrected chi connectivity index (χ0v) is 13.6. The maximum absolute atomic E-state index is 11.0. The Morgan fingerprint density at radius 1 is 1.00 bits per heavy atom. The van der Waals surface area contributed by atoms with Crippen molar-refractivity contribution in [2.24, 2.45) is 0 Å². The molecule has 1 aliphatic carbocycles. The molecule has 24 heavy (non-hydrogen) atoms. The van der Waals surface area contributed by atoms with E-state index in [4.69, 9.17) is 0 Å². The molecule has 0 amide bonds. The average Bonchev–Trinajstić information content (AvgIpc) is 2.92. The van der Waals surface area contributed by atoms with Crippen LogP contribution in [0.3, 0.4) is 0 Å². The molecule has 4 nitrogen and oxygen atoms in total. The Balaban J connectivity index is 1.47. The van der Waals surface area contributed by atoms with Gasteiger partial charge < -0.3 is 15.3 Å². The van der Waals surface area contributed by atoms with Gasteiger partial charge in [0.05, 0.1) is 11.7 Å². The average molecular weight is 325 g/mol. The summed E-state index contributed by atoms with van der Waals surface area (Å²) in [4.78, 5) is 2.28. The molecule has 2 aromatic carbocycles. The van der Waals surface area contributed by atoms with Crippen LogP contribution in [0.25, 0.3) is 0 Å². The number of rotatable bonds is 2. The van der Waals surface area contributed by atoms with E-state index in [1.165, 1.54) is 0 Å². The second kappa shape index (κ2) is 5.88. The highest BCUT2D eigenvalue weighted by Gasteiger charge is 2.40. The van der Waals surface area contributed by atoms with Crippen LogP contribution in [0.15, 0.2) is 48.5 Å². The summed E-state index contributed by atoms with van der Waals surface area (Å²) in [6.07, 6.45) is 1.56. The number of aliphatic hydroxyl groups excluding tert-OH is 1. The van der Waals surface area contributed by atoms with E-state index in [2.05, 4.69) is 4.90 Å². The fourth-order valence-electron chi connectivity index (χ4n) is 4.19. The number of phenols is 1. The van der Waals surface area contributed by atoms with Crippen molar-refractivity contribution in [2.45, 2.75) is 37.0 Å². The van der Waals surface area contributed by atoms with E-state index in [0.717, 1.165) is 36.2 Å². The van der Waals surface area contributed by atoms with Crippen LogP contribution in [0.5, 0.6) is 5.75 Å². The van der Waals surface area contributed by atoms with Gasteiger partial charge in [0.15, 0.2) is 0 Å². The van der Waals surface area contributed by atoms with Gasteiger partial charge in [-0.1, -0.05) is 36.4 Å². The molecule has 2 aromatic rings. The second-order valence-corrected chi connectivity index (χ2v) is 7.03. The molecule has 4 heteroatoms. The number of hydrogen-bond acceptors (Lipinski definition) is 4. The summed E-state index contributed by atoms with van der Waals surface area (Å²) < 4.78 is 0. The molecule has 0 bridgehead atoms. The van der Waals surface area contributed by atoms with Crippen LogP contribution in [0.1, 0.15) is 35.6 Å². The Morgan fingerprint density at radius 2 is 1.71 bits per heavy atom. The number of hydrogen-bond donors (Lipinski definition) is 3. The Labute approximate surface area is 142 Å². The number of aliphatic hydroxyl groups is 2. The monoisotopic (exact) mass is 325 g/mol. The molecular weight excluding hydrogens is 302 g/mol. The van der Waals surface area contributed by atoms with Gasteiger partial charge in [0, 0.05) is 19.1 Å². The third kappa shape index (κ3) is 2.61. The van der Waals surface area contributed by atoms with Gasteiger partial charge in [-0.25, -0.2) is 0 Å². The normalized spacial score (nSPS) is 26.2. The number of fused-ring (bicyclic) bond motifs is 1. The molecule has 0 aromatic heterocycles. The van der Waals surface area contributed by atoms with Crippen molar-refractivity contribution in [2.75, 3.05) is 13.1 Å². The minimum Gasteiger partial charge on any atom is -0.508 e. The number of benzene rings is 2. The van der Waals surface area contributed by atoms with Crippen LogP contribution >= 0.6 is 0 Å². The first-order valence-corrected chi connectivity index (χ1v) is 8.59. The van der Waals surface area contributed by atoms with E-state index < -0.39 is 11.7 Å². The first-order valence-electron chi connectivity index (χ1n) is 8.59. The predicted octanol–water partition coefficient (Wildman–Crippen LogP) is 2.33. The molecule has 4 rings (SSSR count). The Bertz CT molecular complexity index is 723. The summed E-state index contributed by atoms with van der Waals surface area (Å²) >= 11 is 0. The summed E-state index contributed by atoms with van der Waals surface area (Å²) in [5.41, 5.74) is 2.15. The highest BCUT2D eigenvalue weighted by Crippen LogP contribution is 2.40. The van der Waals surface area contributed by atoms with Crippen LogP contribution in [0.2, 0.25) is 0 Å². The van der Waals surface area contributed by atoms with Gasteiger partial charge in [-0.2, -0.15) is 0 Å². The van der Waals surface area contributed by atoms with Crippen molar-refractivity contribution in [3.05, 3.63) is 65.2 Å². The second-order valence-electron chi connectivity index (χ2n) is 7.03. The van der Waals surface area contributed by atoms with Crippen molar-refractivity contribution in [1.29, 1.82) is 0 Å². The Kier molecular flexibility index (Phi) is 3.83. The Morgan fingerprint density at radius 3 is 2.42 bits per heavy atom. The minimum atomic E-state index is -0.771. The summed E-state index contributed by atoms with van der Waals surface area (Å²) in [5, 5.41) is 31.2. The van der Waals surface area contributed by atoms with Crippen molar-refractivity contribution >= 4 is 0 Å². The maximum Gasteiger partial charge on any atom is 0.115 e. The van der Waals surface area contributed by atoms with Gasteiger partial charge in [-0.05, 0) is 48.1 Å². The summed E-state index contributed by atoms with van der Waals surface area (Å²) in [5.74, 6) is 0.249. The summed E-state index contributed by atoms with van der Waals surface area (Å²) in [6, 6.07) is 15.1. The van der Waals surface area contributed by atoms with E-state index in [0.29, 0.717) is 12.8 Å². The number of likely N-dealkylation sites (tertiary alicyclic amines) is 1. The molecule has 1 fully saturated rings. The quantitative estimate of drug-likeness (QED) is 0.793. The van der Waals surface area contributed by atoms with Crippen LogP contribution in [0, 0.1) is 0 Å². The molecule has 0 saturated carbocycles. The number of aromatic hydroxyl groups is 1. The lowest BCUT2D eigenvalue weighted by Gasteiger charge is -2.42. The van der Waals surface area contributed by atoms with E-state index in [-0.39, 0.29) is 11.8 Å². The van der Waals surface area contributed by atoms with E-state index in [1.807, 2.05) is 36.4 Å². The molecule has 0 radical (unpaired) electrons. The van der Waals surface area contributed by atoms with Crippen molar-refractivity contribution < 1.29 is 15.3 Å². The van der Waals surface area contributed by atoms with Gasteiger partial charge in [0.25, 0.3) is 0 Å². The van der Waals surface area contributed by atoms with Gasteiger partial charge in [0.2, 0.25) is 0 Å². The summed E-state index contributed by atoms with van der Waals surface area (Å²) in [6.45, 7) is 1.51. The van der Waals surface area contributed by atoms with Gasteiger partial charge in [-0.3, -0.25) is 4.90 Å². The SMILES string of the molecule is Oc1ccc2c(c1)CC(N1CCC(O)(c3ccccc3)CC1)C2O. The third-order valence-corrected chi connectivity index (χ3v) is 5.64. The van der Waals surface area contributed by atoms with E-state index in [1.54, 1.807) is 12.1 Å². The highest BCUT2D eigenvalue weighted by molar-refractivity contribution is 5.41. The first kappa shape index (κ1) is 15.6. The lowest BCUT2D eigenvalue weighted by atomic mass is 9.84. The third-order valence-electron chi connectivity index (χ3n) is 5.64. The van der Waals surface area contributed by atoms with Crippen LogP contribution < -0.4 is 0 Å². The fourth-order valence-corrected chi connectivity index (χ4v) is 4.19. The molecule has 1 aliphatic heterocycles. The van der Waals surface area contributed by atoms with E-state index >= 15 is 0 Å². The van der Waals surface area contributed by atoms with Crippen molar-refractivity contribution in [1.82, 2.24) is 4.90 Å². The molecule has 2 atom stereocenters. The zero-order valence-electron chi connectivity index (χ0n) is 13.6. The van der Waals surface area contributed by atoms with Crippen molar-refractivity contribution in [3.8, 4) is 5.75 Å². The largest absolute Gasteiger partial charge is 0.508 e. The first-order chi connectivity index (χ1) is 11.6. The zero-order chi connectivity index (χ0) is 16.7. The predicted molar refractivity (Wildman–Crippen MR) is 91.7 cm³/mol. The topological polar surface area (TPSA) is 63.9 Å². The molecule has 2 aliphatic rings. The molecule has 2 unspecified atom stereocenters. The maximum atomic E-state index is 11.0. The Hall–Kier alpha value is -1.88. The molecular formula is C20H23NO3. The van der Waals surface area contributed by atoms with Gasteiger partial charge >= 0.3 is 0 Å².